The third-order valence-electron chi connectivity index (χ3n) is 4.13. The van der Waals surface area contributed by atoms with Crippen molar-refractivity contribution in [2.24, 2.45) is 5.92 Å². The Hall–Kier alpha value is -2.14. The molecular formula is C18H25N3O2. The summed E-state index contributed by atoms with van der Waals surface area (Å²) < 4.78 is 0. The van der Waals surface area contributed by atoms with Crippen LogP contribution in [-0.2, 0) is 4.79 Å². The Morgan fingerprint density at radius 2 is 2.13 bits per heavy atom. The average molecular weight is 315 g/mol. The van der Waals surface area contributed by atoms with Crippen LogP contribution in [0, 0.1) is 12.8 Å². The third kappa shape index (κ3) is 4.93. The molecule has 1 aliphatic heterocycles. The highest BCUT2D eigenvalue weighted by Crippen LogP contribution is 2.17. The lowest BCUT2D eigenvalue weighted by Gasteiger charge is -2.30. The fourth-order valence-corrected chi connectivity index (χ4v) is 2.87. The predicted molar refractivity (Wildman–Crippen MR) is 91.2 cm³/mol. The Kier molecular flexibility index (Phi) is 6.35. The summed E-state index contributed by atoms with van der Waals surface area (Å²) in [5, 5.41) is 9.02. The minimum absolute atomic E-state index is 0.141. The SMILES string of the molecule is C=CCNC(=O)C(NC(=O)c1cccc(C)c1)C1CCNCC1. The molecule has 2 rings (SSSR count). The lowest BCUT2D eigenvalue weighted by Crippen LogP contribution is -2.53. The summed E-state index contributed by atoms with van der Waals surface area (Å²) in [6, 6.07) is 6.88. The molecule has 1 aromatic rings. The van der Waals surface area contributed by atoms with Crippen LogP contribution in [-0.4, -0.2) is 37.5 Å². The Morgan fingerprint density at radius 1 is 1.39 bits per heavy atom. The van der Waals surface area contributed by atoms with Crippen molar-refractivity contribution in [3.63, 3.8) is 0 Å². The first-order valence-corrected chi connectivity index (χ1v) is 8.08. The van der Waals surface area contributed by atoms with Gasteiger partial charge in [-0.3, -0.25) is 9.59 Å². The number of piperidine rings is 1. The molecule has 0 saturated carbocycles. The van der Waals surface area contributed by atoms with Crippen LogP contribution < -0.4 is 16.0 Å². The standard InChI is InChI=1S/C18H25N3O2/c1-3-9-20-18(23)16(14-7-10-19-11-8-14)21-17(22)15-6-4-5-13(2)12-15/h3-6,12,14,16,19H,1,7-11H2,2H3,(H,20,23)(H,21,22). The van der Waals surface area contributed by atoms with E-state index in [9.17, 15) is 9.59 Å². The van der Waals surface area contributed by atoms with Gasteiger partial charge in [-0.1, -0.05) is 23.8 Å². The fourth-order valence-electron chi connectivity index (χ4n) is 2.87. The maximum atomic E-state index is 12.5. The minimum Gasteiger partial charge on any atom is -0.351 e. The maximum Gasteiger partial charge on any atom is 0.251 e. The van der Waals surface area contributed by atoms with E-state index in [0.29, 0.717) is 12.1 Å². The minimum atomic E-state index is -0.509. The zero-order valence-electron chi connectivity index (χ0n) is 13.6. The van der Waals surface area contributed by atoms with E-state index in [4.69, 9.17) is 0 Å². The summed E-state index contributed by atoms with van der Waals surface area (Å²) in [4.78, 5) is 24.9. The number of carbonyl (C=O) groups is 2. The first kappa shape index (κ1) is 17.2. The quantitative estimate of drug-likeness (QED) is 0.695. The largest absolute Gasteiger partial charge is 0.351 e. The van der Waals surface area contributed by atoms with Crippen LogP contribution in [0.1, 0.15) is 28.8 Å². The fraction of sp³-hybridized carbons (Fsp3) is 0.444. The Labute approximate surface area is 137 Å². The van der Waals surface area contributed by atoms with Gasteiger partial charge in [0.2, 0.25) is 5.91 Å². The van der Waals surface area contributed by atoms with Gasteiger partial charge in [0, 0.05) is 12.1 Å². The summed E-state index contributed by atoms with van der Waals surface area (Å²) in [6.07, 6.45) is 3.39. The zero-order chi connectivity index (χ0) is 16.7. The number of rotatable bonds is 6. The molecule has 1 atom stereocenters. The van der Waals surface area contributed by atoms with Crippen molar-refractivity contribution >= 4 is 11.8 Å². The molecule has 23 heavy (non-hydrogen) atoms. The van der Waals surface area contributed by atoms with Crippen molar-refractivity contribution in [3.8, 4) is 0 Å². The van der Waals surface area contributed by atoms with E-state index in [1.165, 1.54) is 0 Å². The summed E-state index contributed by atoms with van der Waals surface area (Å²) >= 11 is 0. The van der Waals surface area contributed by atoms with Crippen LogP contribution in [0.5, 0.6) is 0 Å². The van der Waals surface area contributed by atoms with E-state index in [1.807, 2.05) is 25.1 Å². The monoisotopic (exact) mass is 315 g/mol. The second kappa shape index (κ2) is 8.48. The van der Waals surface area contributed by atoms with Gasteiger partial charge in [0.25, 0.3) is 5.91 Å². The highest BCUT2D eigenvalue weighted by molar-refractivity contribution is 5.97. The van der Waals surface area contributed by atoms with Crippen molar-refractivity contribution in [2.45, 2.75) is 25.8 Å². The molecule has 2 amide bonds. The first-order chi connectivity index (χ1) is 11.1. The number of benzene rings is 1. The van der Waals surface area contributed by atoms with E-state index in [2.05, 4.69) is 22.5 Å². The van der Waals surface area contributed by atoms with Crippen LogP contribution in [0.4, 0.5) is 0 Å². The number of hydrogen-bond acceptors (Lipinski definition) is 3. The van der Waals surface area contributed by atoms with Crippen molar-refractivity contribution in [3.05, 3.63) is 48.0 Å². The molecule has 0 aromatic heterocycles. The van der Waals surface area contributed by atoms with Crippen LogP contribution >= 0.6 is 0 Å². The number of nitrogens with one attached hydrogen (secondary N) is 3. The summed E-state index contributed by atoms with van der Waals surface area (Å²) in [5.74, 6) is -0.196. The van der Waals surface area contributed by atoms with Gasteiger partial charge < -0.3 is 16.0 Å². The molecule has 1 fully saturated rings. The van der Waals surface area contributed by atoms with Crippen molar-refractivity contribution in [2.75, 3.05) is 19.6 Å². The highest BCUT2D eigenvalue weighted by Gasteiger charge is 2.30. The van der Waals surface area contributed by atoms with Crippen molar-refractivity contribution in [1.82, 2.24) is 16.0 Å². The van der Waals surface area contributed by atoms with Gasteiger partial charge in [0.05, 0.1) is 0 Å². The van der Waals surface area contributed by atoms with Crippen LogP contribution in [0.15, 0.2) is 36.9 Å². The average Bonchev–Trinajstić information content (AvgIpc) is 2.58. The molecule has 124 valence electrons. The van der Waals surface area contributed by atoms with Crippen molar-refractivity contribution in [1.29, 1.82) is 0 Å². The van der Waals surface area contributed by atoms with Gasteiger partial charge >= 0.3 is 0 Å². The predicted octanol–water partition coefficient (Wildman–Crippen LogP) is 1.40. The molecule has 1 aliphatic rings. The summed E-state index contributed by atoms with van der Waals surface area (Å²) in [6.45, 7) is 7.70. The van der Waals surface area contributed by atoms with Gasteiger partial charge in [-0.25, -0.2) is 0 Å². The van der Waals surface area contributed by atoms with E-state index in [-0.39, 0.29) is 17.7 Å². The molecule has 5 nitrogen and oxygen atoms in total. The second-order valence-electron chi connectivity index (χ2n) is 5.94. The normalized spacial score (nSPS) is 16.4. The van der Waals surface area contributed by atoms with Crippen LogP contribution in [0.2, 0.25) is 0 Å². The van der Waals surface area contributed by atoms with Crippen LogP contribution in [0.25, 0.3) is 0 Å². The maximum absolute atomic E-state index is 12.5. The smallest absolute Gasteiger partial charge is 0.251 e. The van der Waals surface area contributed by atoms with Crippen LogP contribution in [0.3, 0.4) is 0 Å². The number of carbonyl (C=O) groups excluding carboxylic acids is 2. The molecule has 1 heterocycles. The van der Waals surface area contributed by atoms with Gasteiger partial charge in [-0.05, 0) is 50.9 Å². The van der Waals surface area contributed by atoms with E-state index >= 15 is 0 Å². The number of aryl methyl sites for hydroxylation is 1. The molecule has 0 aliphatic carbocycles. The van der Waals surface area contributed by atoms with Gasteiger partial charge in [0.15, 0.2) is 0 Å². The number of amides is 2. The molecular weight excluding hydrogens is 290 g/mol. The van der Waals surface area contributed by atoms with Gasteiger partial charge in [-0.2, -0.15) is 0 Å². The highest BCUT2D eigenvalue weighted by atomic mass is 16.2. The lowest BCUT2D eigenvalue weighted by atomic mass is 9.89. The first-order valence-electron chi connectivity index (χ1n) is 8.08. The van der Waals surface area contributed by atoms with E-state index in [0.717, 1.165) is 31.5 Å². The Balaban J connectivity index is 2.10. The molecule has 1 unspecified atom stereocenters. The molecule has 0 bridgehead atoms. The lowest BCUT2D eigenvalue weighted by molar-refractivity contribution is -0.124. The summed E-state index contributed by atoms with van der Waals surface area (Å²) in [7, 11) is 0. The molecule has 0 spiro atoms. The number of hydrogen-bond donors (Lipinski definition) is 3. The molecule has 1 saturated heterocycles. The molecule has 1 aromatic carbocycles. The van der Waals surface area contributed by atoms with E-state index in [1.54, 1.807) is 12.1 Å². The van der Waals surface area contributed by atoms with E-state index < -0.39 is 6.04 Å². The Morgan fingerprint density at radius 3 is 2.78 bits per heavy atom. The topological polar surface area (TPSA) is 70.2 Å². The van der Waals surface area contributed by atoms with Gasteiger partial charge in [-0.15, -0.1) is 6.58 Å². The zero-order valence-corrected chi connectivity index (χ0v) is 13.6. The second-order valence-corrected chi connectivity index (χ2v) is 5.94. The van der Waals surface area contributed by atoms with Crippen molar-refractivity contribution < 1.29 is 9.59 Å². The molecule has 5 heteroatoms. The molecule has 0 radical (unpaired) electrons. The molecule has 3 N–H and O–H groups in total. The van der Waals surface area contributed by atoms with Gasteiger partial charge in [0.1, 0.15) is 6.04 Å². The Bertz CT molecular complexity index is 565. The third-order valence-corrected chi connectivity index (χ3v) is 4.13. The summed E-state index contributed by atoms with van der Waals surface area (Å²) in [5.41, 5.74) is 1.60.